The van der Waals surface area contributed by atoms with E-state index >= 15 is 0 Å². The fraction of sp³-hybridized carbons (Fsp3) is 0.618. The Kier molecular flexibility index (Phi) is 15.4. The molecule has 2 rings (SSSR count). The van der Waals surface area contributed by atoms with Gasteiger partial charge >= 0.3 is 6.03 Å². The van der Waals surface area contributed by atoms with Crippen molar-refractivity contribution in [1.82, 2.24) is 31.5 Å². The summed E-state index contributed by atoms with van der Waals surface area (Å²) < 4.78 is 21.3. The van der Waals surface area contributed by atoms with Crippen LogP contribution < -0.4 is 26.6 Å². The molecule has 1 aliphatic rings. The van der Waals surface area contributed by atoms with Crippen molar-refractivity contribution in [1.29, 1.82) is 0 Å². The molecule has 48 heavy (non-hydrogen) atoms. The van der Waals surface area contributed by atoms with Gasteiger partial charge in [-0.25, -0.2) is 9.00 Å². The van der Waals surface area contributed by atoms with E-state index < -0.39 is 69.6 Å². The first-order chi connectivity index (χ1) is 22.4. The maximum atomic E-state index is 14.0. The normalized spacial score (nSPS) is 17.4. The van der Waals surface area contributed by atoms with Gasteiger partial charge in [0.15, 0.2) is 11.1 Å². The molecule has 1 aromatic rings. The van der Waals surface area contributed by atoms with Crippen LogP contribution in [0.1, 0.15) is 79.7 Å². The van der Waals surface area contributed by atoms with E-state index in [2.05, 4.69) is 33.2 Å². The first-order valence-corrected chi connectivity index (χ1v) is 17.5. The Morgan fingerprint density at radius 2 is 1.71 bits per heavy atom. The number of carbonyl (C=O) groups is 5. The predicted octanol–water partition coefficient (Wildman–Crippen LogP) is 2.63. The second kappa shape index (κ2) is 18.2. The van der Waals surface area contributed by atoms with Crippen LogP contribution in [-0.2, 0) is 36.8 Å². The number of benzene rings is 1. The highest BCUT2D eigenvalue weighted by atomic mass is 32.2. The number of rotatable bonds is 16. The number of Topliss-reactive ketones (excluding diaryl/α,β-unsaturated/α-hetero) is 1. The molecule has 2 unspecified atom stereocenters. The molecule has 0 aromatic heterocycles. The zero-order valence-corrected chi connectivity index (χ0v) is 30.1. The van der Waals surface area contributed by atoms with Gasteiger partial charge in [-0.05, 0) is 41.7 Å². The molecule has 5 amide bonds. The van der Waals surface area contributed by atoms with E-state index in [0.717, 1.165) is 0 Å². The summed E-state index contributed by atoms with van der Waals surface area (Å²) in [7, 11) is 0. The smallest absolute Gasteiger partial charge is 0.315 e. The van der Waals surface area contributed by atoms with Crippen molar-refractivity contribution in [3.05, 3.63) is 42.5 Å². The number of nitrogens with one attached hydrogen (secondary N) is 5. The molecular weight excluding hydrogens is 636 g/mol. The number of hydrogen-bond donors (Lipinski definition) is 6. The van der Waals surface area contributed by atoms with Gasteiger partial charge in [0.1, 0.15) is 12.1 Å². The van der Waals surface area contributed by atoms with Gasteiger partial charge in [-0.3, -0.25) is 19.2 Å². The summed E-state index contributed by atoms with van der Waals surface area (Å²) in [6.45, 7) is 17.8. The van der Waals surface area contributed by atoms with Crippen LogP contribution in [0.3, 0.4) is 0 Å². The van der Waals surface area contributed by atoms with Crippen LogP contribution in [0.2, 0.25) is 0 Å². The molecule has 1 fully saturated rings. The monoisotopic (exact) mass is 690 g/mol. The van der Waals surface area contributed by atoms with Crippen molar-refractivity contribution >= 4 is 40.6 Å². The van der Waals surface area contributed by atoms with Crippen molar-refractivity contribution < 1.29 is 32.7 Å². The SMILES string of the molecule is C=CCNC(=O)C(=O)C(CCC)NC(=O)[C@@H]1CCCN1C(=O)[C@@H](NC(=O)N[C@H](CNCc1ccccc1S(=O)O)C(C)(C)C)C(C)(C)C. The Morgan fingerprint density at radius 1 is 1.04 bits per heavy atom. The molecule has 0 radical (unpaired) electrons. The minimum atomic E-state index is -2.13. The van der Waals surface area contributed by atoms with E-state index in [4.69, 9.17) is 0 Å². The number of carbonyl (C=O) groups excluding carboxylic acids is 5. The second-order valence-electron chi connectivity index (χ2n) is 14.2. The van der Waals surface area contributed by atoms with Crippen LogP contribution in [0.4, 0.5) is 4.79 Å². The lowest BCUT2D eigenvalue weighted by atomic mass is 9.85. The number of hydrogen-bond acceptors (Lipinski definition) is 7. The second-order valence-corrected chi connectivity index (χ2v) is 15.2. The molecule has 0 bridgehead atoms. The summed E-state index contributed by atoms with van der Waals surface area (Å²) in [6.07, 6.45) is 3.19. The number of nitrogens with zero attached hydrogens (tertiary/aromatic N) is 1. The highest BCUT2D eigenvalue weighted by Crippen LogP contribution is 2.26. The van der Waals surface area contributed by atoms with Crippen molar-refractivity contribution in [2.45, 2.75) is 110 Å². The Labute approximate surface area is 287 Å². The zero-order valence-electron chi connectivity index (χ0n) is 29.3. The van der Waals surface area contributed by atoms with Gasteiger partial charge in [0.25, 0.3) is 5.91 Å². The topological polar surface area (TPSA) is 186 Å². The molecular formula is C34H54N6O7S. The Morgan fingerprint density at radius 3 is 2.29 bits per heavy atom. The Hall–Kier alpha value is -3.62. The molecule has 6 N–H and O–H groups in total. The van der Waals surface area contributed by atoms with Crippen LogP contribution in [0, 0.1) is 10.8 Å². The quantitative estimate of drug-likeness (QED) is 0.0868. The maximum absolute atomic E-state index is 14.0. The molecule has 1 aromatic carbocycles. The minimum Gasteiger partial charge on any atom is -0.346 e. The van der Waals surface area contributed by atoms with E-state index in [-0.39, 0.29) is 19.0 Å². The zero-order chi connectivity index (χ0) is 36.2. The van der Waals surface area contributed by atoms with E-state index in [1.165, 1.54) is 11.0 Å². The average molecular weight is 691 g/mol. The lowest BCUT2D eigenvalue weighted by molar-refractivity contribution is -0.143. The van der Waals surface area contributed by atoms with Crippen molar-refractivity contribution in [2.24, 2.45) is 10.8 Å². The van der Waals surface area contributed by atoms with Gasteiger partial charge < -0.3 is 36.0 Å². The Bertz CT molecular complexity index is 1340. The van der Waals surface area contributed by atoms with Crippen LogP contribution in [0.25, 0.3) is 0 Å². The predicted molar refractivity (Wildman–Crippen MR) is 185 cm³/mol. The molecule has 14 heteroatoms. The Balaban J connectivity index is 2.15. The molecule has 0 aliphatic carbocycles. The summed E-state index contributed by atoms with van der Waals surface area (Å²) >= 11 is -2.13. The highest BCUT2D eigenvalue weighted by molar-refractivity contribution is 7.79. The number of urea groups is 1. The molecule has 268 valence electrons. The molecule has 0 spiro atoms. The van der Waals surface area contributed by atoms with Gasteiger partial charge in [-0.2, -0.15) is 0 Å². The van der Waals surface area contributed by atoms with E-state index in [1.807, 2.05) is 48.5 Å². The molecule has 1 aliphatic heterocycles. The van der Waals surface area contributed by atoms with Crippen LogP contribution in [-0.4, -0.2) is 87.0 Å². The van der Waals surface area contributed by atoms with Crippen LogP contribution >= 0.6 is 0 Å². The minimum absolute atomic E-state index is 0.117. The molecule has 5 atom stereocenters. The highest BCUT2D eigenvalue weighted by Gasteiger charge is 2.43. The van der Waals surface area contributed by atoms with E-state index in [9.17, 15) is 32.7 Å². The average Bonchev–Trinajstić information content (AvgIpc) is 3.50. The van der Waals surface area contributed by atoms with Crippen molar-refractivity contribution in [3.8, 4) is 0 Å². The summed E-state index contributed by atoms with van der Waals surface area (Å²) in [5.74, 6) is -2.52. The lowest BCUT2D eigenvalue weighted by Gasteiger charge is -2.37. The molecule has 0 saturated carbocycles. The third-order valence-electron chi connectivity index (χ3n) is 8.24. The van der Waals surface area contributed by atoms with Crippen LogP contribution in [0.5, 0.6) is 0 Å². The molecule has 13 nitrogen and oxygen atoms in total. The summed E-state index contributed by atoms with van der Waals surface area (Å²) in [6, 6.07) is 3.01. The van der Waals surface area contributed by atoms with E-state index in [1.54, 1.807) is 24.3 Å². The summed E-state index contributed by atoms with van der Waals surface area (Å²) in [5, 5.41) is 14.2. The largest absolute Gasteiger partial charge is 0.346 e. The number of ketones is 1. The van der Waals surface area contributed by atoms with Crippen LogP contribution in [0.15, 0.2) is 41.8 Å². The maximum Gasteiger partial charge on any atom is 0.315 e. The first kappa shape index (κ1) is 40.6. The van der Waals surface area contributed by atoms with Gasteiger partial charge in [0.2, 0.25) is 17.6 Å². The third-order valence-corrected chi connectivity index (χ3v) is 9.02. The first-order valence-electron chi connectivity index (χ1n) is 16.4. The van der Waals surface area contributed by atoms with Crippen molar-refractivity contribution in [2.75, 3.05) is 19.6 Å². The van der Waals surface area contributed by atoms with Crippen molar-refractivity contribution in [3.63, 3.8) is 0 Å². The lowest BCUT2D eigenvalue weighted by Crippen LogP contribution is -2.61. The van der Waals surface area contributed by atoms with E-state index in [0.29, 0.717) is 49.4 Å². The summed E-state index contributed by atoms with van der Waals surface area (Å²) in [4.78, 5) is 67.8. The number of amides is 5. The molecule has 1 saturated heterocycles. The van der Waals surface area contributed by atoms with Gasteiger partial charge in [0.05, 0.1) is 10.9 Å². The fourth-order valence-corrected chi connectivity index (χ4v) is 5.99. The molecule has 1 heterocycles. The standard InChI is InChI=1S/C34H54N6O7S/c1-9-14-23(27(41)30(43)36-18-10-2)37-29(42)24-16-13-19-40(24)31(44)28(34(6,7)8)39-32(45)38-26(33(3,4)5)21-35-20-22-15-11-12-17-25(22)48(46)47/h10-12,15,17,23-24,26,28,35H,2,9,13-14,16,18-21H2,1,3-8H3,(H,36,43)(H,37,42)(H,46,47)(H2,38,39,45)/t23?,24-,26+,28+/m0/s1. The van der Waals surface area contributed by atoms with Gasteiger partial charge in [-0.15, -0.1) is 6.58 Å². The fourth-order valence-electron chi connectivity index (χ4n) is 5.43. The van der Waals surface area contributed by atoms with Gasteiger partial charge in [0, 0.05) is 32.2 Å². The van der Waals surface area contributed by atoms with Gasteiger partial charge in [-0.1, -0.05) is 79.2 Å². The number of likely N-dealkylation sites (tertiary alicyclic amines) is 1. The summed E-state index contributed by atoms with van der Waals surface area (Å²) in [5.41, 5.74) is -0.446. The third kappa shape index (κ3) is 11.8.